The van der Waals surface area contributed by atoms with Crippen LogP contribution < -0.4 is 4.74 Å². The molecule has 0 heterocycles. The van der Waals surface area contributed by atoms with Gasteiger partial charge < -0.3 is 9.16 Å². The van der Waals surface area contributed by atoms with Gasteiger partial charge >= 0.3 is 0 Å². The molecule has 0 radical (unpaired) electrons. The maximum atomic E-state index is 11.0. The van der Waals surface area contributed by atoms with Crippen molar-refractivity contribution in [2.45, 2.75) is 51.7 Å². The van der Waals surface area contributed by atoms with Crippen LogP contribution in [0.2, 0.25) is 23.2 Å². The van der Waals surface area contributed by atoms with Gasteiger partial charge in [-0.25, -0.2) is 0 Å². The van der Waals surface area contributed by atoms with Crippen LogP contribution in [0.5, 0.6) is 5.75 Å². The van der Waals surface area contributed by atoms with Gasteiger partial charge in [0.15, 0.2) is 14.6 Å². The molecule has 1 aromatic carbocycles. The first-order chi connectivity index (χ1) is 10.2. The fourth-order valence-corrected chi connectivity index (χ4v) is 3.02. The lowest BCUT2D eigenvalue weighted by molar-refractivity contribution is 0.111. The van der Waals surface area contributed by atoms with Gasteiger partial charge in [-0.15, -0.1) is 0 Å². The van der Waals surface area contributed by atoms with Gasteiger partial charge in [0.2, 0.25) is 0 Å². The normalized spacial score (nSPS) is 12.3. The minimum atomic E-state index is -1.66. The van der Waals surface area contributed by atoms with Crippen LogP contribution in [0.3, 0.4) is 0 Å². The number of hydrogen-bond donors (Lipinski definition) is 0. The van der Waals surface area contributed by atoms with Crippen molar-refractivity contribution in [3.05, 3.63) is 28.8 Å². The Morgan fingerprint density at radius 3 is 2.41 bits per heavy atom. The molecule has 1 rings (SSSR count). The zero-order valence-corrected chi connectivity index (χ0v) is 16.0. The second-order valence-corrected chi connectivity index (χ2v) is 12.2. The number of carbonyl (C=O) groups is 1. The van der Waals surface area contributed by atoms with Crippen molar-refractivity contribution in [3.63, 3.8) is 0 Å². The second-order valence-electron chi connectivity index (χ2n) is 6.94. The molecule has 1 aromatic rings. The summed E-state index contributed by atoms with van der Waals surface area (Å²) >= 11 is 6.06. The van der Waals surface area contributed by atoms with E-state index in [9.17, 15) is 4.79 Å². The van der Waals surface area contributed by atoms with E-state index in [0.29, 0.717) is 22.9 Å². The van der Waals surface area contributed by atoms with E-state index >= 15 is 0 Å². The molecule has 3 nitrogen and oxygen atoms in total. The Balaban J connectivity index is 2.34. The molecule has 0 spiro atoms. The molecule has 0 aromatic heterocycles. The van der Waals surface area contributed by atoms with Gasteiger partial charge in [0.1, 0.15) is 5.75 Å². The summed E-state index contributed by atoms with van der Waals surface area (Å²) in [4.78, 5) is 11.0. The van der Waals surface area contributed by atoms with Crippen LogP contribution in [0.1, 0.15) is 44.0 Å². The molecule has 0 unspecified atom stereocenters. The summed E-state index contributed by atoms with van der Waals surface area (Å²) in [5, 5.41) is 0.710. The molecular weight excluding hydrogens is 316 g/mol. The van der Waals surface area contributed by atoms with Gasteiger partial charge in [-0.2, -0.15) is 0 Å². The summed E-state index contributed by atoms with van der Waals surface area (Å²) in [6.07, 6.45) is 2.58. The maximum absolute atomic E-state index is 11.0. The molecule has 0 amide bonds. The van der Waals surface area contributed by atoms with Gasteiger partial charge in [0.05, 0.1) is 17.2 Å². The van der Waals surface area contributed by atoms with Crippen molar-refractivity contribution in [3.8, 4) is 5.75 Å². The SMILES string of the molecule is CC(C)(C)[Si](C)(C)OCCCCOc1c(Cl)cccc1C=O. The van der Waals surface area contributed by atoms with Gasteiger partial charge in [-0.05, 0) is 43.1 Å². The minimum Gasteiger partial charge on any atom is -0.491 e. The number of rotatable bonds is 8. The number of carbonyl (C=O) groups excluding carboxylic acids is 1. The van der Waals surface area contributed by atoms with Crippen molar-refractivity contribution in [2.24, 2.45) is 0 Å². The molecule has 0 saturated heterocycles. The first kappa shape index (κ1) is 19.2. The van der Waals surface area contributed by atoms with E-state index in [2.05, 4.69) is 33.9 Å². The highest BCUT2D eigenvalue weighted by molar-refractivity contribution is 6.74. The average molecular weight is 343 g/mol. The molecule has 0 bridgehead atoms. The standard InChI is InChI=1S/C17H27ClO3Si/c1-17(2,3)22(4,5)21-12-7-6-11-20-16-14(13-19)9-8-10-15(16)18/h8-10,13H,6-7,11-12H2,1-5H3. The third-order valence-corrected chi connectivity index (χ3v) is 9.01. The van der Waals surface area contributed by atoms with Crippen molar-refractivity contribution >= 4 is 26.2 Å². The minimum absolute atomic E-state index is 0.236. The Morgan fingerprint density at radius 1 is 1.18 bits per heavy atom. The highest BCUT2D eigenvalue weighted by Crippen LogP contribution is 2.36. The molecule has 22 heavy (non-hydrogen) atoms. The van der Waals surface area contributed by atoms with Crippen LogP contribution in [0, 0.1) is 0 Å². The Labute approximate surface area is 140 Å². The average Bonchev–Trinajstić information content (AvgIpc) is 2.42. The summed E-state index contributed by atoms with van der Waals surface area (Å²) in [6, 6.07) is 5.17. The van der Waals surface area contributed by atoms with E-state index in [1.807, 2.05) is 0 Å². The number of unbranched alkanes of at least 4 members (excludes halogenated alkanes) is 1. The zero-order valence-electron chi connectivity index (χ0n) is 14.2. The molecule has 0 aliphatic heterocycles. The van der Waals surface area contributed by atoms with Crippen molar-refractivity contribution in [1.82, 2.24) is 0 Å². The first-order valence-electron chi connectivity index (χ1n) is 7.69. The molecule has 0 atom stereocenters. The van der Waals surface area contributed by atoms with E-state index in [4.69, 9.17) is 20.8 Å². The summed E-state index contributed by atoms with van der Waals surface area (Å²) < 4.78 is 11.8. The zero-order chi connectivity index (χ0) is 16.8. The second kappa shape index (κ2) is 8.13. The van der Waals surface area contributed by atoms with Gasteiger partial charge in [0, 0.05) is 6.61 Å². The first-order valence-corrected chi connectivity index (χ1v) is 11.0. The summed E-state index contributed by atoms with van der Waals surface area (Å²) in [5.41, 5.74) is 0.491. The molecular formula is C17H27ClO3Si. The van der Waals surface area contributed by atoms with Crippen LogP contribution in [-0.4, -0.2) is 27.8 Å². The Kier molecular flexibility index (Phi) is 7.10. The molecule has 0 aliphatic carbocycles. The number of aldehydes is 1. The van der Waals surface area contributed by atoms with E-state index in [-0.39, 0.29) is 5.04 Å². The lowest BCUT2D eigenvalue weighted by Crippen LogP contribution is -2.41. The largest absolute Gasteiger partial charge is 0.491 e. The number of ether oxygens (including phenoxy) is 1. The number of halogens is 1. The van der Waals surface area contributed by atoms with Crippen LogP contribution in [0.25, 0.3) is 0 Å². The van der Waals surface area contributed by atoms with Crippen LogP contribution in [0.15, 0.2) is 18.2 Å². The highest BCUT2D eigenvalue weighted by atomic mass is 35.5. The number of para-hydroxylation sites is 1. The summed E-state index contributed by atoms with van der Waals surface area (Å²) in [6.45, 7) is 12.5. The lowest BCUT2D eigenvalue weighted by Gasteiger charge is -2.36. The van der Waals surface area contributed by atoms with Gasteiger partial charge in [0.25, 0.3) is 0 Å². The summed E-state index contributed by atoms with van der Waals surface area (Å²) in [5.74, 6) is 0.476. The smallest absolute Gasteiger partial charge is 0.191 e. The van der Waals surface area contributed by atoms with E-state index in [1.165, 1.54) is 0 Å². The Bertz CT molecular complexity index is 495. The lowest BCUT2D eigenvalue weighted by atomic mass is 10.2. The van der Waals surface area contributed by atoms with E-state index in [0.717, 1.165) is 25.7 Å². The fourth-order valence-electron chi connectivity index (χ4n) is 1.69. The number of hydrogen-bond acceptors (Lipinski definition) is 3. The van der Waals surface area contributed by atoms with Crippen molar-refractivity contribution in [2.75, 3.05) is 13.2 Å². The summed E-state index contributed by atoms with van der Waals surface area (Å²) in [7, 11) is -1.66. The van der Waals surface area contributed by atoms with Crippen molar-refractivity contribution < 1.29 is 14.0 Å². The maximum Gasteiger partial charge on any atom is 0.191 e. The van der Waals surface area contributed by atoms with Crippen LogP contribution in [-0.2, 0) is 4.43 Å². The van der Waals surface area contributed by atoms with E-state index in [1.54, 1.807) is 18.2 Å². The predicted molar refractivity (Wildman–Crippen MR) is 94.7 cm³/mol. The van der Waals surface area contributed by atoms with E-state index < -0.39 is 8.32 Å². The predicted octanol–water partition coefficient (Wildman–Crippen LogP) is 5.33. The Morgan fingerprint density at radius 2 is 1.82 bits per heavy atom. The third-order valence-electron chi connectivity index (χ3n) is 4.18. The van der Waals surface area contributed by atoms with Crippen LogP contribution >= 0.6 is 11.6 Å². The van der Waals surface area contributed by atoms with Crippen molar-refractivity contribution in [1.29, 1.82) is 0 Å². The quantitative estimate of drug-likeness (QED) is 0.363. The highest BCUT2D eigenvalue weighted by Gasteiger charge is 2.36. The fraction of sp³-hybridized carbons (Fsp3) is 0.588. The molecule has 0 saturated carbocycles. The molecule has 5 heteroatoms. The molecule has 0 N–H and O–H groups in total. The molecule has 124 valence electrons. The molecule has 0 fully saturated rings. The van der Waals surface area contributed by atoms with Crippen LogP contribution in [0.4, 0.5) is 0 Å². The van der Waals surface area contributed by atoms with Gasteiger partial charge in [-0.1, -0.05) is 38.4 Å². The monoisotopic (exact) mass is 342 g/mol. The topological polar surface area (TPSA) is 35.5 Å². The number of benzene rings is 1. The third kappa shape index (κ3) is 5.41. The van der Waals surface area contributed by atoms with Gasteiger partial charge in [-0.3, -0.25) is 4.79 Å². The molecule has 0 aliphatic rings. The Hall–Kier alpha value is -0.843.